The lowest BCUT2D eigenvalue weighted by Crippen LogP contribution is -2.56. The van der Waals surface area contributed by atoms with E-state index in [-0.39, 0.29) is 23.9 Å². The lowest BCUT2D eigenvalue weighted by Gasteiger charge is -2.42. The predicted octanol–water partition coefficient (Wildman–Crippen LogP) is 1.83. The molecule has 2 saturated carbocycles. The van der Waals surface area contributed by atoms with E-state index < -0.39 is 0 Å². The summed E-state index contributed by atoms with van der Waals surface area (Å²) in [7, 11) is 0. The van der Waals surface area contributed by atoms with Gasteiger partial charge in [0.25, 0.3) is 11.8 Å². The van der Waals surface area contributed by atoms with E-state index in [4.69, 9.17) is 9.47 Å². The fraction of sp³-hybridized carbons (Fsp3) is 0.741. The highest BCUT2D eigenvalue weighted by molar-refractivity contribution is 5.96. The molecular formula is C27H41N5O4. The summed E-state index contributed by atoms with van der Waals surface area (Å²) in [6.45, 7) is 6.67. The van der Waals surface area contributed by atoms with Gasteiger partial charge in [-0.05, 0) is 37.8 Å². The van der Waals surface area contributed by atoms with Crippen LogP contribution in [0.15, 0.2) is 18.2 Å². The maximum absolute atomic E-state index is 13.2. The maximum Gasteiger partial charge on any atom is 0.270 e. The molecular weight excluding hydrogens is 458 g/mol. The number of hydrogen-bond acceptors (Lipinski definition) is 7. The Bertz CT molecular complexity index is 819. The Morgan fingerprint density at radius 3 is 1.56 bits per heavy atom. The summed E-state index contributed by atoms with van der Waals surface area (Å²) in [6, 6.07) is 6.03. The van der Waals surface area contributed by atoms with Gasteiger partial charge in [-0.25, -0.2) is 4.98 Å². The van der Waals surface area contributed by atoms with E-state index in [0.717, 1.165) is 91.1 Å². The molecule has 1 aromatic rings. The minimum Gasteiger partial charge on any atom is -0.379 e. The largest absolute Gasteiger partial charge is 0.379 e. The van der Waals surface area contributed by atoms with Crippen molar-refractivity contribution in [3.05, 3.63) is 29.6 Å². The van der Waals surface area contributed by atoms with Crippen LogP contribution < -0.4 is 10.6 Å². The zero-order chi connectivity index (χ0) is 24.7. The van der Waals surface area contributed by atoms with E-state index in [1.165, 1.54) is 12.8 Å². The molecule has 2 aliphatic heterocycles. The maximum atomic E-state index is 13.2. The first-order valence-electron chi connectivity index (χ1n) is 13.9. The third-order valence-corrected chi connectivity index (χ3v) is 8.34. The number of nitrogens with zero attached hydrogens (tertiary/aromatic N) is 3. The van der Waals surface area contributed by atoms with Crippen LogP contribution in [0.3, 0.4) is 0 Å². The van der Waals surface area contributed by atoms with E-state index in [9.17, 15) is 9.59 Å². The molecule has 5 rings (SSSR count). The lowest BCUT2D eigenvalue weighted by atomic mass is 9.88. The van der Waals surface area contributed by atoms with Crippen LogP contribution in [0.2, 0.25) is 0 Å². The third kappa shape index (κ3) is 6.25. The van der Waals surface area contributed by atoms with Crippen molar-refractivity contribution in [3.8, 4) is 0 Å². The minimum absolute atomic E-state index is 0.0974. The highest BCUT2D eigenvalue weighted by Crippen LogP contribution is 2.26. The third-order valence-electron chi connectivity index (χ3n) is 8.34. The summed E-state index contributed by atoms with van der Waals surface area (Å²) in [5.74, 6) is -0.391. The standard InChI is InChI=1S/C27H41N5O4/c33-26(29-20-6-1-3-10-24(20)31-12-16-35-17-13-31)22-8-5-9-23(28-22)27(34)30-21-7-2-4-11-25(21)32-14-18-36-19-15-32/h5,8-9,20-21,24-25H,1-4,6-7,10-19H2,(H,29,33)(H,30,34)/t20-,21-,24-,25-/m1/s1. The average Bonchev–Trinajstić information content (AvgIpc) is 2.94. The van der Waals surface area contributed by atoms with Crippen molar-refractivity contribution >= 4 is 11.8 Å². The Balaban J connectivity index is 1.22. The highest BCUT2D eigenvalue weighted by atomic mass is 16.5. The van der Waals surface area contributed by atoms with E-state index in [2.05, 4.69) is 25.4 Å². The quantitative estimate of drug-likeness (QED) is 0.617. The minimum atomic E-state index is -0.196. The van der Waals surface area contributed by atoms with Crippen molar-refractivity contribution in [2.24, 2.45) is 0 Å². The molecule has 2 saturated heterocycles. The first-order valence-corrected chi connectivity index (χ1v) is 13.9. The van der Waals surface area contributed by atoms with Crippen LogP contribution in [0.1, 0.15) is 72.3 Å². The Morgan fingerprint density at radius 1 is 0.694 bits per heavy atom. The monoisotopic (exact) mass is 499 g/mol. The summed E-state index contributed by atoms with van der Waals surface area (Å²) in [5.41, 5.74) is 0.615. The fourth-order valence-electron chi connectivity index (χ4n) is 6.42. The number of carbonyl (C=O) groups excluding carboxylic acids is 2. The molecule has 0 spiro atoms. The van der Waals surface area contributed by atoms with Crippen LogP contribution in [-0.2, 0) is 9.47 Å². The number of aromatic nitrogens is 1. The molecule has 198 valence electrons. The smallest absolute Gasteiger partial charge is 0.270 e. The van der Waals surface area contributed by atoms with Crippen molar-refractivity contribution in [3.63, 3.8) is 0 Å². The molecule has 9 heteroatoms. The second kappa shape index (κ2) is 12.4. The Morgan fingerprint density at radius 2 is 1.11 bits per heavy atom. The summed E-state index contributed by atoms with van der Waals surface area (Å²) >= 11 is 0. The van der Waals surface area contributed by atoms with Gasteiger partial charge in [-0.2, -0.15) is 0 Å². The number of ether oxygens (including phenoxy) is 2. The second-order valence-corrected chi connectivity index (χ2v) is 10.6. The molecule has 0 aromatic carbocycles. The van der Waals surface area contributed by atoms with Gasteiger partial charge in [-0.15, -0.1) is 0 Å². The van der Waals surface area contributed by atoms with Gasteiger partial charge in [0.15, 0.2) is 0 Å². The van der Waals surface area contributed by atoms with E-state index in [1.807, 2.05) is 0 Å². The van der Waals surface area contributed by atoms with Gasteiger partial charge in [-0.3, -0.25) is 19.4 Å². The van der Waals surface area contributed by atoms with Gasteiger partial charge < -0.3 is 20.1 Å². The van der Waals surface area contributed by atoms with Gasteiger partial charge in [0.1, 0.15) is 11.4 Å². The van der Waals surface area contributed by atoms with Gasteiger partial charge in [0.05, 0.1) is 26.4 Å². The SMILES string of the molecule is O=C(N[C@@H]1CCCC[C@H]1N1CCOCC1)c1cccc(C(=O)N[C@@H]2CCCC[C@H]2N2CCOCC2)n1. The Hall–Kier alpha value is -2.07. The van der Waals surface area contributed by atoms with Crippen LogP contribution in [0.4, 0.5) is 0 Å². The van der Waals surface area contributed by atoms with E-state index >= 15 is 0 Å². The molecule has 0 unspecified atom stereocenters. The van der Waals surface area contributed by atoms with Crippen LogP contribution >= 0.6 is 0 Å². The number of nitrogens with one attached hydrogen (secondary N) is 2. The molecule has 3 heterocycles. The summed E-state index contributed by atoms with van der Waals surface area (Å²) in [5, 5.41) is 6.49. The number of rotatable bonds is 6. The van der Waals surface area contributed by atoms with E-state index in [1.54, 1.807) is 18.2 Å². The van der Waals surface area contributed by atoms with Gasteiger partial charge in [0.2, 0.25) is 0 Å². The first-order chi connectivity index (χ1) is 17.7. The van der Waals surface area contributed by atoms with Crippen molar-refractivity contribution in [2.45, 2.75) is 75.5 Å². The molecule has 36 heavy (non-hydrogen) atoms. The number of pyridine rings is 1. The average molecular weight is 500 g/mol. The lowest BCUT2D eigenvalue weighted by molar-refractivity contribution is 0.0000645. The summed E-state index contributed by atoms with van der Waals surface area (Å²) < 4.78 is 11.0. The highest BCUT2D eigenvalue weighted by Gasteiger charge is 2.34. The van der Waals surface area contributed by atoms with Gasteiger partial charge in [0, 0.05) is 50.3 Å². The number of carbonyl (C=O) groups is 2. The van der Waals surface area contributed by atoms with Crippen LogP contribution in [0.5, 0.6) is 0 Å². The van der Waals surface area contributed by atoms with Gasteiger partial charge in [-0.1, -0.05) is 31.7 Å². The van der Waals surface area contributed by atoms with Crippen molar-refractivity contribution in [2.75, 3.05) is 52.6 Å². The number of hydrogen-bond donors (Lipinski definition) is 2. The predicted molar refractivity (Wildman–Crippen MR) is 136 cm³/mol. The topological polar surface area (TPSA) is 96.0 Å². The zero-order valence-corrected chi connectivity index (χ0v) is 21.3. The summed E-state index contributed by atoms with van der Waals surface area (Å²) in [6.07, 6.45) is 8.74. The molecule has 2 amide bonds. The molecule has 0 bridgehead atoms. The van der Waals surface area contributed by atoms with Crippen molar-refractivity contribution in [1.82, 2.24) is 25.4 Å². The molecule has 4 atom stereocenters. The number of morpholine rings is 2. The normalized spacial score (nSPS) is 30.4. The van der Waals surface area contributed by atoms with Crippen LogP contribution in [-0.4, -0.2) is 103 Å². The molecule has 0 radical (unpaired) electrons. The van der Waals surface area contributed by atoms with Crippen molar-refractivity contribution in [1.29, 1.82) is 0 Å². The van der Waals surface area contributed by atoms with E-state index in [0.29, 0.717) is 23.5 Å². The molecule has 9 nitrogen and oxygen atoms in total. The number of amides is 2. The zero-order valence-electron chi connectivity index (χ0n) is 21.3. The molecule has 2 aliphatic carbocycles. The van der Waals surface area contributed by atoms with Crippen LogP contribution in [0, 0.1) is 0 Å². The fourth-order valence-corrected chi connectivity index (χ4v) is 6.42. The van der Waals surface area contributed by atoms with Gasteiger partial charge >= 0.3 is 0 Å². The molecule has 1 aromatic heterocycles. The van der Waals surface area contributed by atoms with Crippen LogP contribution in [0.25, 0.3) is 0 Å². The first kappa shape index (κ1) is 25.6. The second-order valence-electron chi connectivity index (χ2n) is 10.6. The molecule has 4 fully saturated rings. The van der Waals surface area contributed by atoms with Crippen molar-refractivity contribution < 1.29 is 19.1 Å². The Kier molecular flexibility index (Phi) is 8.84. The molecule has 4 aliphatic rings. The summed E-state index contributed by atoms with van der Waals surface area (Å²) in [4.78, 5) is 35.8. The molecule has 2 N–H and O–H groups in total. The Labute approximate surface area is 214 Å².